The highest BCUT2D eigenvalue weighted by atomic mass is 16.4. The van der Waals surface area contributed by atoms with Crippen LogP contribution in [0.25, 0.3) is 10.9 Å². The summed E-state index contributed by atoms with van der Waals surface area (Å²) >= 11 is 0. The fourth-order valence-corrected chi connectivity index (χ4v) is 1.78. The van der Waals surface area contributed by atoms with E-state index in [9.17, 15) is 15.0 Å². The number of hydrogen-bond acceptors (Lipinski definition) is 4. The van der Waals surface area contributed by atoms with Gasteiger partial charge in [0.2, 0.25) is 0 Å². The fraction of sp³-hybridized carbons (Fsp3) is 0.308. The number of fused-ring (bicyclic) bond motifs is 1. The van der Waals surface area contributed by atoms with E-state index >= 15 is 0 Å². The summed E-state index contributed by atoms with van der Waals surface area (Å²) in [5.41, 5.74) is 1.23. The molecule has 0 bridgehead atoms. The molecule has 1 aromatic carbocycles. The molecule has 0 amide bonds. The number of nitrogens with one attached hydrogen (secondary N) is 1. The number of aliphatic hydroxyl groups excluding tert-OH is 3. The minimum atomic E-state index is -1.29. The molecule has 0 saturated heterocycles. The van der Waals surface area contributed by atoms with Crippen LogP contribution in [0.2, 0.25) is 0 Å². The molecular formula is C13H15NO4. The lowest BCUT2D eigenvalue weighted by Crippen LogP contribution is -2.31. The maximum Gasteiger partial charge on any atom is 0.181 e. The Morgan fingerprint density at radius 2 is 1.94 bits per heavy atom. The van der Waals surface area contributed by atoms with Crippen LogP contribution in [-0.4, -0.2) is 44.9 Å². The summed E-state index contributed by atoms with van der Waals surface area (Å²) in [5, 5.41) is 28.3. The van der Waals surface area contributed by atoms with E-state index in [1.54, 1.807) is 6.07 Å². The third-order valence-electron chi connectivity index (χ3n) is 2.86. The summed E-state index contributed by atoms with van der Waals surface area (Å²) in [6.07, 6.45) is -2.78. The zero-order valence-electron chi connectivity index (χ0n) is 9.71. The van der Waals surface area contributed by atoms with Crippen molar-refractivity contribution < 1.29 is 20.1 Å². The molecule has 5 heteroatoms. The van der Waals surface area contributed by atoms with Gasteiger partial charge in [-0.25, -0.2) is 0 Å². The Bertz CT molecular complexity index is 516. The second-order valence-corrected chi connectivity index (χ2v) is 4.21. The number of aromatic nitrogens is 1. The number of hydrogen-bond donors (Lipinski definition) is 4. The molecule has 2 atom stereocenters. The molecule has 0 spiro atoms. The molecular weight excluding hydrogens is 234 g/mol. The zero-order chi connectivity index (χ0) is 13.1. The van der Waals surface area contributed by atoms with Crippen LogP contribution in [0, 0.1) is 0 Å². The van der Waals surface area contributed by atoms with Crippen molar-refractivity contribution in [2.75, 3.05) is 6.61 Å². The van der Waals surface area contributed by atoms with Crippen LogP contribution < -0.4 is 0 Å². The summed E-state index contributed by atoms with van der Waals surface area (Å²) in [5.74, 6) is -0.300. The first-order valence-electron chi connectivity index (χ1n) is 5.69. The van der Waals surface area contributed by atoms with Gasteiger partial charge >= 0.3 is 0 Å². The molecule has 4 N–H and O–H groups in total. The Hall–Kier alpha value is -1.69. The molecule has 1 heterocycles. The predicted octanol–water partition coefficient (Wildman–Crippen LogP) is 0.455. The van der Waals surface area contributed by atoms with Crippen molar-refractivity contribution in [2.24, 2.45) is 0 Å². The molecule has 18 heavy (non-hydrogen) atoms. The number of para-hydroxylation sites is 1. The summed E-state index contributed by atoms with van der Waals surface area (Å²) in [6, 6.07) is 9.16. The van der Waals surface area contributed by atoms with Gasteiger partial charge in [0.05, 0.1) is 18.4 Å². The highest BCUT2D eigenvalue weighted by molar-refractivity contribution is 5.99. The van der Waals surface area contributed by atoms with E-state index in [-0.39, 0.29) is 12.2 Å². The second kappa shape index (κ2) is 5.30. The van der Waals surface area contributed by atoms with Crippen LogP contribution in [0.4, 0.5) is 0 Å². The van der Waals surface area contributed by atoms with E-state index in [4.69, 9.17) is 5.11 Å². The van der Waals surface area contributed by atoms with Crippen molar-refractivity contribution in [1.29, 1.82) is 0 Å². The summed E-state index contributed by atoms with van der Waals surface area (Å²) in [4.78, 5) is 14.8. The van der Waals surface area contributed by atoms with Crippen LogP contribution in [-0.2, 0) is 0 Å². The van der Waals surface area contributed by atoms with Gasteiger partial charge in [-0.2, -0.15) is 0 Å². The topological polar surface area (TPSA) is 93.6 Å². The SMILES string of the molecule is O=C(C[C@H](O)[C@H](O)CO)c1cc2ccccc2[nH]1. The smallest absolute Gasteiger partial charge is 0.181 e. The lowest BCUT2D eigenvalue weighted by atomic mass is 10.1. The quantitative estimate of drug-likeness (QED) is 0.579. The first-order chi connectivity index (χ1) is 8.61. The molecule has 0 fully saturated rings. The maximum absolute atomic E-state index is 11.9. The normalized spacial score (nSPS) is 14.6. The van der Waals surface area contributed by atoms with Crippen LogP contribution in [0.5, 0.6) is 0 Å². The standard InChI is InChI=1S/C13H15NO4/c15-7-13(18)12(17)6-11(16)10-5-8-3-1-2-4-9(8)14-10/h1-5,12-15,17-18H,6-7H2/t12-,13+/m0/s1. The van der Waals surface area contributed by atoms with E-state index in [1.807, 2.05) is 24.3 Å². The van der Waals surface area contributed by atoms with Crippen molar-refractivity contribution >= 4 is 16.7 Å². The van der Waals surface area contributed by atoms with Crippen molar-refractivity contribution in [2.45, 2.75) is 18.6 Å². The van der Waals surface area contributed by atoms with Gasteiger partial charge in [0.1, 0.15) is 6.10 Å². The second-order valence-electron chi connectivity index (χ2n) is 4.21. The number of aliphatic hydroxyl groups is 3. The van der Waals surface area contributed by atoms with Crippen molar-refractivity contribution in [3.63, 3.8) is 0 Å². The first-order valence-corrected chi connectivity index (χ1v) is 5.69. The average Bonchev–Trinajstić information content (AvgIpc) is 2.81. The maximum atomic E-state index is 11.9. The van der Waals surface area contributed by atoms with Crippen LogP contribution >= 0.6 is 0 Å². The predicted molar refractivity (Wildman–Crippen MR) is 66.3 cm³/mol. The molecule has 1 aromatic heterocycles. The van der Waals surface area contributed by atoms with E-state index in [2.05, 4.69) is 4.98 Å². The summed E-state index contributed by atoms with van der Waals surface area (Å²) in [6.45, 7) is -0.568. The van der Waals surface area contributed by atoms with E-state index < -0.39 is 18.8 Å². The van der Waals surface area contributed by atoms with Gasteiger partial charge in [0, 0.05) is 17.3 Å². The van der Waals surface area contributed by atoms with Gasteiger partial charge in [0.25, 0.3) is 0 Å². The molecule has 2 aromatic rings. The molecule has 0 saturated carbocycles. The number of benzene rings is 1. The van der Waals surface area contributed by atoms with E-state index in [1.165, 1.54) is 0 Å². The molecule has 2 rings (SSSR count). The van der Waals surface area contributed by atoms with Crippen LogP contribution in [0.15, 0.2) is 30.3 Å². The molecule has 0 aliphatic heterocycles. The Morgan fingerprint density at radius 3 is 2.61 bits per heavy atom. The number of carbonyl (C=O) groups excluding carboxylic acids is 1. The number of rotatable bonds is 5. The van der Waals surface area contributed by atoms with Gasteiger partial charge in [0.15, 0.2) is 5.78 Å². The monoisotopic (exact) mass is 249 g/mol. The number of carbonyl (C=O) groups is 1. The van der Waals surface area contributed by atoms with Crippen LogP contribution in [0.1, 0.15) is 16.9 Å². The Morgan fingerprint density at radius 1 is 1.22 bits per heavy atom. The Kier molecular flexibility index (Phi) is 3.76. The zero-order valence-corrected chi connectivity index (χ0v) is 9.71. The van der Waals surface area contributed by atoms with Gasteiger partial charge in [-0.3, -0.25) is 4.79 Å². The number of H-pyrrole nitrogens is 1. The van der Waals surface area contributed by atoms with Crippen molar-refractivity contribution in [3.05, 3.63) is 36.0 Å². The van der Waals surface area contributed by atoms with Gasteiger partial charge < -0.3 is 20.3 Å². The van der Waals surface area contributed by atoms with Gasteiger partial charge in [-0.1, -0.05) is 18.2 Å². The Balaban J connectivity index is 2.13. The third-order valence-corrected chi connectivity index (χ3v) is 2.86. The lowest BCUT2D eigenvalue weighted by molar-refractivity contribution is -0.0148. The Labute approximate surface area is 104 Å². The van der Waals surface area contributed by atoms with Crippen molar-refractivity contribution in [3.8, 4) is 0 Å². The van der Waals surface area contributed by atoms with Gasteiger partial charge in [-0.05, 0) is 12.1 Å². The average molecular weight is 249 g/mol. The molecule has 0 unspecified atom stereocenters. The molecule has 96 valence electrons. The summed E-state index contributed by atoms with van der Waals surface area (Å²) in [7, 11) is 0. The molecule has 0 aliphatic carbocycles. The van der Waals surface area contributed by atoms with Crippen LogP contribution in [0.3, 0.4) is 0 Å². The lowest BCUT2D eigenvalue weighted by Gasteiger charge is -2.13. The summed E-state index contributed by atoms with van der Waals surface area (Å²) < 4.78 is 0. The highest BCUT2D eigenvalue weighted by Crippen LogP contribution is 2.16. The van der Waals surface area contributed by atoms with Gasteiger partial charge in [-0.15, -0.1) is 0 Å². The molecule has 0 aliphatic rings. The fourth-order valence-electron chi connectivity index (χ4n) is 1.78. The van der Waals surface area contributed by atoms with Crippen molar-refractivity contribution in [1.82, 2.24) is 4.98 Å². The number of aromatic amines is 1. The minimum Gasteiger partial charge on any atom is -0.394 e. The van der Waals surface area contributed by atoms with E-state index in [0.29, 0.717) is 5.69 Å². The number of Topliss-reactive ketones (excluding diaryl/α,β-unsaturated/α-hetero) is 1. The molecule has 5 nitrogen and oxygen atoms in total. The van der Waals surface area contributed by atoms with E-state index in [0.717, 1.165) is 10.9 Å². The minimum absolute atomic E-state index is 0.228. The molecule has 0 radical (unpaired) electrons. The highest BCUT2D eigenvalue weighted by Gasteiger charge is 2.20. The largest absolute Gasteiger partial charge is 0.394 e. The first kappa shape index (κ1) is 12.8. The number of ketones is 1. The third kappa shape index (κ3) is 2.59.